The van der Waals surface area contributed by atoms with Gasteiger partial charge in [0.15, 0.2) is 0 Å². The summed E-state index contributed by atoms with van der Waals surface area (Å²) < 4.78 is 1.20. The minimum Gasteiger partial charge on any atom is -0.326 e. The summed E-state index contributed by atoms with van der Waals surface area (Å²) in [5.41, 5.74) is 4.22. The largest absolute Gasteiger partial charge is 0.326 e. The van der Waals surface area contributed by atoms with E-state index in [0.29, 0.717) is 0 Å². The topological polar surface area (TPSA) is 42.0 Å². The minimum absolute atomic E-state index is 0.142. The second kappa shape index (κ2) is 5.21. The summed E-state index contributed by atoms with van der Waals surface area (Å²) in [4.78, 5) is 16.5. The third kappa shape index (κ3) is 2.62. The molecule has 0 spiro atoms. The second-order valence-electron chi connectivity index (χ2n) is 5.83. The minimum atomic E-state index is 0.142. The molecule has 4 heteroatoms. The number of thiazole rings is 1. The summed E-state index contributed by atoms with van der Waals surface area (Å²) in [5, 5.41) is 3.98. The Bertz CT molecular complexity index is 847. The van der Waals surface area contributed by atoms with Crippen molar-refractivity contribution in [3.05, 3.63) is 48.0 Å². The van der Waals surface area contributed by atoms with E-state index in [0.717, 1.165) is 34.6 Å². The molecular weight excluding hydrogens is 292 g/mol. The van der Waals surface area contributed by atoms with Crippen molar-refractivity contribution in [2.24, 2.45) is 5.92 Å². The normalized spacial score (nSPS) is 14.2. The van der Waals surface area contributed by atoms with Crippen LogP contribution in [0, 0.1) is 12.8 Å². The Morgan fingerprint density at radius 1 is 1.18 bits per heavy atom. The summed E-state index contributed by atoms with van der Waals surface area (Å²) >= 11 is 1.70. The summed E-state index contributed by atoms with van der Waals surface area (Å²) in [6.45, 7) is 2.08. The Kier molecular flexibility index (Phi) is 3.19. The van der Waals surface area contributed by atoms with E-state index in [1.807, 2.05) is 24.3 Å². The fourth-order valence-corrected chi connectivity index (χ4v) is 3.40. The average molecular weight is 308 g/mol. The Morgan fingerprint density at radius 2 is 1.95 bits per heavy atom. The Morgan fingerprint density at radius 3 is 2.68 bits per heavy atom. The van der Waals surface area contributed by atoms with Gasteiger partial charge in [0.2, 0.25) is 5.91 Å². The number of aromatic nitrogens is 1. The number of anilines is 1. The van der Waals surface area contributed by atoms with Crippen molar-refractivity contribution in [3.63, 3.8) is 0 Å². The SMILES string of the molecule is Cc1ccc2sc(-c3ccc(NC(=O)C4CC4)cc3)nc2c1. The zero-order valence-corrected chi connectivity index (χ0v) is 13.1. The molecule has 4 rings (SSSR count). The molecular formula is C18H16N2OS. The van der Waals surface area contributed by atoms with Gasteiger partial charge in [0.1, 0.15) is 5.01 Å². The lowest BCUT2D eigenvalue weighted by Gasteiger charge is -2.04. The van der Waals surface area contributed by atoms with Crippen LogP contribution in [-0.2, 0) is 4.79 Å². The molecule has 1 heterocycles. The molecule has 3 nitrogen and oxygen atoms in total. The van der Waals surface area contributed by atoms with Gasteiger partial charge in [-0.2, -0.15) is 0 Å². The van der Waals surface area contributed by atoms with Gasteiger partial charge in [-0.05, 0) is 61.7 Å². The third-order valence-electron chi connectivity index (χ3n) is 3.89. The molecule has 1 aliphatic carbocycles. The van der Waals surface area contributed by atoms with Crippen molar-refractivity contribution in [1.29, 1.82) is 0 Å². The van der Waals surface area contributed by atoms with Crippen LogP contribution in [-0.4, -0.2) is 10.9 Å². The predicted octanol–water partition coefficient (Wildman–Crippen LogP) is 4.62. The highest BCUT2D eigenvalue weighted by Crippen LogP contribution is 2.32. The molecule has 0 bridgehead atoms. The molecule has 0 radical (unpaired) electrons. The van der Waals surface area contributed by atoms with Gasteiger partial charge >= 0.3 is 0 Å². The molecule has 0 atom stereocenters. The van der Waals surface area contributed by atoms with Crippen LogP contribution in [0.2, 0.25) is 0 Å². The molecule has 1 aromatic heterocycles. The van der Waals surface area contributed by atoms with E-state index in [2.05, 4.69) is 30.4 Å². The first-order valence-electron chi connectivity index (χ1n) is 7.47. The van der Waals surface area contributed by atoms with E-state index in [-0.39, 0.29) is 11.8 Å². The van der Waals surface area contributed by atoms with Gasteiger partial charge in [-0.25, -0.2) is 4.98 Å². The Hall–Kier alpha value is -2.20. The zero-order valence-electron chi connectivity index (χ0n) is 12.3. The summed E-state index contributed by atoms with van der Waals surface area (Å²) in [6, 6.07) is 14.3. The first-order valence-corrected chi connectivity index (χ1v) is 8.29. The van der Waals surface area contributed by atoms with Crippen LogP contribution >= 0.6 is 11.3 Å². The van der Waals surface area contributed by atoms with E-state index in [1.165, 1.54) is 10.3 Å². The van der Waals surface area contributed by atoms with Gasteiger partial charge in [-0.3, -0.25) is 4.79 Å². The molecule has 0 saturated heterocycles. The smallest absolute Gasteiger partial charge is 0.227 e. The molecule has 110 valence electrons. The van der Waals surface area contributed by atoms with Crippen LogP contribution in [0.1, 0.15) is 18.4 Å². The van der Waals surface area contributed by atoms with Gasteiger partial charge in [-0.15, -0.1) is 11.3 Å². The summed E-state index contributed by atoms with van der Waals surface area (Å²) in [7, 11) is 0. The fraction of sp³-hybridized carbons (Fsp3) is 0.222. The second-order valence-corrected chi connectivity index (χ2v) is 6.86. The fourth-order valence-electron chi connectivity index (χ4n) is 2.45. The first kappa shape index (κ1) is 13.5. The molecule has 1 saturated carbocycles. The van der Waals surface area contributed by atoms with Crippen LogP contribution in [0.3, 0.4) is 0 Å². The Labute approximate surface area is 133 Å². The molecule has 1 aliphatic rings. The third-order valence-corrected chi connectivity index (χ3v) is 4.98. The predicted molar refractivity (Wildman–Crippen MR) is 91.1 cm³/mol. The van der Waals surface area contributed by atoms with Crippen molar-refractivity contribution in [1.82, 2.24) is 4.98 Å². The number of nitrogens with one attached hydrogen (secondary N) is 1. The van der Waals surface area contributed by atoms with Gasteiger partial charge in [0.05, 0.1) is 10.2 Å². The molecule has 3 aromatic rings. The maximum atomic E-state index is 11.8. The Balaban J connectivity index is 1.59. The molecule has 22 heavy (non-hydrogen) atoms. The molecule has 1 fully saturated rings. The lowest BCUT2D eigenvalue weighted by Crippen LogP contribution is -2.12. The highest BCUT2D eigenvalue weighted by Gasteiger charge is 2.29. The standard InChI is InChI=1S/C18H16N2OS/c1-11-2-9-16-15(10-11)20-18(22-16)13-5-7-14(8-6-13)19-17(21)12-3-4-12/h2,5-10,12H,3-4H2,1H3,(H,19,21). The van der Waals surface area contributed by atoms with Gasteiger partial charge in [0.25, 0.3) is 0 Å². The highest BCUT2D eigenvalue weighted by molar-refractivity contribution is 7.21. The number of rotatable bonds is 3. The van der Waals surface area contributed by atoms with Crippen molar-refractivity contribution in [3.8, 4) is 10.6 Å². The maximum absolute atomic E-state index is 11.8. The monoisotopic (exact) mass is 308 g/mol. The number of hydrogen-bond acceptors (Lipinski definition) is 3. The number of carbonyl (C=O) groups excluding carboxylic acids is 1. The molecule has 2 aromatic carbocycles. The molecule has 1 N–H and O–H groups in total. The number of aryl methyl sites for hydroxylation is 1. The van der Waals surface area contributed by atoms with Gasteiger partial charge in [-0.1, -0.05) is 6.07 Å². The molecule has 1 amide bonds. The number of nitrogens with zero attached hydrogens (tertiary/aromatic N) is 1. The summed E-state index contributed by atoms with van der Waals surface area (Å²) in [6.07, 6.45) is 2.05. The van der Waals surface area contributed by atoms with E-state index in [1.54, 1.807) is 11.3 Å². The number of hydrogen-bond donors (Lipinski definition) is 1. The van der Waals surface area contributed by atoms with Gasteiger partial charge in [0, 0.05) is 17.2 Å². The van der Waals surface area contributed by atoms with Crippen LogP contribution in [0.15, 0.2) is 42.5 Å². The van der Waals surface area contributed by atoms with Crippen LogP contribution < -0.4 is 5.32 Å². The molecule has 0 unspecified atom stereocenters. The van der Waals surface area contributed by atoms with E-state index in [9.17, 15) is 4.79 Å². The van der Waals surface area contributed by atoms with Crippen molar-refractivity contribution < 1.29 is 4.79 Å². The lowest BCUT2D eigenvalue weighted by atomic mass is 10.2. The highest BCUT2D eigenvalue weighted by atomic mass is 32.1. The lowest BCUT2D eigenvalue weighted by molar-refractivity contribution is -0.117. The van der Waals surface area contributed by atoms with Crippen LogP contribution in [0.5, 0.6) is 0 Å². The average Bonchev–Trinajstić information content (AvgIpc) is 3.28. The maximum Gasteiger partial charge on any atom is 0.227 e. The van der Waals surface area contributed by atoms with E-state index in [4.69, 9.17) is 4.98 Å². The van der Waals surface area contributed by atoms with E-state index >= 15 is 0 Å². The number of amides is 1. The first-order chi connectivity index (χ1) is 10.7. The van der Waals surface area contributed by atoms with Crippen molar-refractivity contribution >= 4 is 33.1 Å². The van der Waals surface area contributed by atoms with Gasteiger partial charge < -0.3 is 5.32 Å². The number of benzene rings is 2. The quantitative estimate of drug-likeness (QED) is 0.767. The number of fused-ring (bicyclic) bond motifs is 1. The summed E-state index contributed by atoms with van der Waals surface area (Å²) in [5.74, 6) is 0.371. The molecule has 0 aliphatic heterocycles. The van der Waals surface area contributed by atoms with Crippen LogP contribution in [0.25, 0.3) is 20.8 Å². The zero-order chi connectivity index (χ0) is 15.1. The van der Waals surface area contributed by atoms with E-state index < -0.39 is 0 Å². The van der Waals surface area contributed by atoms with Crippen molar-refractivity contribution in [2.45, 2.75) is 19.8 Å². The van der Waals surface area contributed by atoms with Crippen molar-refractivity contribution in [2.75, 3.05) is 5.32 Å². The van der Waals surface area contributed by atoms with Crippen LogP contribution in [0.4, 0.5) is 5.69 Å². The number of carbonyl (C=O) groups is 1.